The number of aliphatic carboxylic acids is 1. The zero-order chi connectivity index (χ0) is 14.1. The van der Waals surface area contributed by atoms with E-state index in [9.17, 15) is 9.59 Å². The van der Waals surface area contributed by atoms with Gasteiger partial charge in [-0.25, -0.2) is 4.79 Å². The Hall–Kier alpha value is -1.10. The second-order valence-corrected chi connectivity index (χ2v) is 6.39. The first-order valence-corrected chi connectivity index (χ1v) is 7.80. The highest BCUT2D eigenvalue weighted by atomic mass is 16.5. The number of carbonyl (C=O) groups excluding carboxylic acids is 1. The molecule has 3 aliphatic rings. The fourth-order valence-corrected chi connectivity index (χ4v) is 3.82. The molecule has 5 nitrogen and oxygen atoms in total. The second kappa shape index (κ2) is 5.72. The molecule has 3 rings (SSSR count). The molecule has 1 amide bonds. The predicted molar refractivity (Wildman–Crippen MR) is 72.1 cm³/mol. The van der Waals surface area contributed by atoms with E-state index < -0.39 is 12.1 Å². The van der Waals surface area contributed by atoms with Crippen molar-refractivity contribution >= 4 is 11.9 Å². The van der Waals surface area contributed by atoms with Crippen LogP contribution in [0.15, 0.2) is 0 Å². The normalized spacial score (nSPS) is 34.8. The summed E-state index contributed by atoms with van der Waals surface area (Å²) in [6, 6.07) is 0. The van der Waals surface area contributed by atoms with Crippen molar-refractivity contribution in [2.45, 2.75) is 44.6 Å². The van der Waals surface area contributed by atoms with Gasteiger partial charge in [0.05, 0.1) is 13.2 Å². The van der Waals surface area contributed by atoms with Crippen LogP contribution < -0.4 is 0 Å². The smallest absolute Gasteiger partial charge is 0.334 e. The van der Waals surface area contributed by atoms with Crippen LogP contribution >= 0.6 is 0 Å². The summed E-state index contributed by atoms with van der Waals surface area (Å²) in [4.78, 5) is 25.1. The summed E-state index contributed by atoms with van der Waals surface area (Å²) in [7, 11) is 0. The summed E-state index contributed by atoms with van der Waals surface area (Å²) in [5.41, 5.74) is 0. The Morgan fingerprint density at radius 2 is 1.90 bits per heavy atom. The van der Waals surface area contributed by atoms with Gasteiger partial charge in [0.25, 0.3) is 0 Å². The molecule has 0 spiro atoms. The van der Waals surface area contributed by atoms with Crippen molar-refractivity contribution in [2.24, 2.45) is 17.8 Å². The molecule has 0 bridgehead atoms. The van der Waals surface area contributed by atoms with E-state index in [2.05, 4.69) is 0 Å². The summed E-state index contributed by atoms with van der Waals surface area (Å²) in [6.07, 6.45) is 6.66. The molecule has 0 radical (unpaired) electrons. The second-order valence-electron chi connectivity index (χ2n) is 6.39. The Morgan fingerprint density at radius 3 is 2.60 bits per heavy atom. The number of carboxylic acid groups (broad SMARTS) is 1. The van der Waals surface area contributed by atoms with Crippen LogP contribution in [0.1, 0.15) is 38.5 Å². The molecule has 5 heteroatoms. The lowest BCUT2D eigenvalue weighted by atomic mass is 9.85. The monoisotopic (exact) mass is 281 g/mol. The maximum atomic E-state index is 12.5. The van der Waals surface area contributed by atoms with E-state index in [1.54, 1.807) is 4.90 Å². The maximum absolute atomic E-state index is 12.5. The van der Waals surface area contributed by atoms with Crippen LogP contribution in [0, 0.1) is 17.8 Å². The van der Waals surface area contributed by atoms with E-state index in [0.717, 1.165) is 12.3 Å². The van der Waals surface area contributed by atoms with Gasteiger partial charge < -0.3 is 14.7 Å². The third kappa shape index (κ3) is 2.82. The number of ether oxygens (including phenoxy) is 1. The molecule has 2 aliphatic carbocycles. The summed E-state index contributed by atoms with van der Waals surface area (Å²) in [5, 5.41) is 8.98. The van der Waals surface area contributed by atoms with E-state index in [1.165, 1.54) is 32.1 Å². The third-order valence-electron chi connectivity index (χ3n) is 5.07. The van der Waals surface area contributed by atoms with Crippen molar-refractivity contribution in [1.29, 1.82) is 0 Å². The Morgan fingerprint density at radius 1 is 1.15 bits per heavy atom. The van der Waals surface area contributed by atoms with E-state index in [0.29, 0.717) is 19.1 Å². The zero-order valence-electron chi connectivity index (χ0n) is 11.8. The number of nitrogens with zero attached hydrogens (tertiary/aromatic N) is 1. The molecule has 1 saturated heterocycles. The van der Waals surface area contributed by atoms with Gasteiger partial charge in [-0.05, 0) is 18.3 Å². The van der Waals surface area contributed by atoms with Gasteiger partial charge in [-0.3, -0.25) is 4.79 Å². The van der Waals surface area contributed by atoms with E-state index in [4.69, 9.17) is 9.84 Å². The van der Waals surface area contributed by atoms with Crippen molar-refractivity contribution in [2.75, 3.05) is 19.7 Å². The molecule has 1 aliphatic heterocycles. The van der Waals surface area contributed by atoms with E-state index in [-0.39, 0.29) is 18.4 Å². The highest BCUT2D eigenvalue weighted by Gasteiger charge is 2.49. The molecule has 2 saturated carbocycles. The summed E-state index contributed by atoms with van der Waals surface area (Å²) in [6.45, 7) is 1.09. The quantitative estimate of drug-likeness (QED) is 0.851. The molecule has 112 valence electrons. The first-order chi connectivity index (χ1) is 9.66. The number of carbonyl (C=O) groups is 2. The van der Waals surface area contributed by atoms with Crippen LogP contribution in [-0.2, 0) is 14.3 Å². The molecule has 0 aromatic rings. The molecule has 0 unspecified atom stereocenters. The number of carboxylic acids is 1. The molecule has 1 N–H and O–H groups in total. The highest BCUT2D eigenvalue weighted by Crippen LogP contribution is 2.50. The first-order valence-electron chi connectivity index (χ1n) is 7.80. The first kappa shape index (κ1) is 13.9. The summed E-state index contributed by atoms with van der Waals surface area (Å²) in [5.74, 6) is 0.644. The van der Waals surface area contributed by atoms with Crippen LogP contribution in [-0.4, -0.2) is 47.7 Å². The van der Waals surface area contributed by atoms with Crippen LogP contribution in [0.25, 0.3) is 0 Å². The molecule has 3 atom stereocenters. The number of morpholine rings is 1. The van der Waals surface area contributed by atoms with Gasteiger partial charge in [0.1, 0.15) is 0 Å². The van der Waals surface area contributed by atoms with Crippen LogP contribution in [0.4, 0.5) is 0 Å². The molecule has 3 fully saturated rings. The lowest BCUT2D eigenvalue weighted by molar-refractivity contribution is -0.159. The Balaban J connectivity index is 1.53. The Labute approximate surface area is 119 Å². The summed E-state index contributed by atoms with van der Waals surface area (Å²) >= 11 is 0. The Bertz CT molecular complexity index is 391. The van der Waals surface area contributed by atoms with Gasteiger partial charge in [0.2, 0.25) is 5.91 Å². The van der Waals surface area contributed by atoms with Gasteiger partial charge in [-0.1, -0.05) is 32.1 Å². The third-order valence-corrected chi connectivity index (χ3v) is 5.07. The zero-order valence-corrected chi connectivity index (χ0v) is 11.8. The average Bonchev–Trinajstić information content (AvgIpc) is 3.28. The topological polar surface area (TPSA) is 66.8 Å². The van der Waals surface area contributed by atoms with Gasteiger partial charge >= 0.3 is 5.97 Å². The van der Waals surface area contributed by atoms with Crippen molar-refractivity contribution in [1.82, 2.24) is 4.90 Å². The largest absolute Gasteiger partial charge is 0.479 e. The van der Waals surface area contributed by atoms with E-state index >= 15 is 0 Å². The minimum Gasteiger partial charge on any atom is -0.479 e. The predicted octanol–water partition coefficient (Wildman–Crippen LogP) is 1.51. The Kier molecular flexibility index (Phi) is 3.96. The number of rotatable bonds is 3. The van der Waals surface area contributed by atoms with Crippen molar-refractivity contribution < 1.29 is 19.4 Å². The number of hydrogen-bond acceptors (Lipinski definition) is 3. The van der Waals surface area contributed by atoms with Crippen LogP contribution in [0.2, 0.25) is 0 Å². The van der Waals surface area contributed by atoms with Gasteiger partial charge in [-0.2, -0.15) is 0 Å². The minimum atomic E-state index is -0.970. The van der Waals surface area contributed by atoms with Crippen molar-refractivity contribution in [3.8, 4) is 0 Å². The highest BCUT2D eigenvalue weighted by molar-refractivity contribution is 5.83. The van der Waals surface area contributed by atoms with Crippen LogP contribution in [0.5, 0.6) is 0 Å². The molecule has 1 heterocycles. The molecular formula is C15H23NO4. The van der Waals surface area contributed by atoms with E-state index in [1.807, 2.05) is 0 Å². The van der Waals surface area contributed by atoms with Gasteiger partial charge in [-0.15, -0.1) is 0 Å². The van der Waals surface area contributed by atoms with Crippen LogP contribution in [0.3, 0.4) is 0 Å². The molecule has 0 aromatic heterocycles. The van der Waals surface area contributed by atoms with Gasteiger partial charge in [0.15, 0.2) is 6.10 Å². The SMILES string of the molecule is O=C(O)[C@@H]1CN(C(=O)[C@@H]2C[C@H]2C2CCCCC2)CCO1. The lowest BCUT2D eigenvalue weighted by Crippen LogP contribution is -2.49. The fraction of sp³-hybridized carbons (Fsp3) is 0.867. The average molecular weight is 281 g/mol. The van der Waals surface area contributed by atoms with Gasteiger partial charge in [0, 0.05) is 12.5 Å². The number of hydrogen-bond donors (Lipinski definition) is 1. The summed E-state index contributed by atoms with van der Waals surface area (Å²) < 4.78 is 5.17. The standard InChI is InChI=1S/C15H23NO4/c17-14(16-6-7-20-13(9-16)15(18)19)12-8-11(12)10-4-2-1-3-5-10/h10-13H,1-9H2,(H,18,19)/t11-,12+,13-/m0/s1. The minimum absolute atomic E-state index is 0.158. The lowest BCUT2D eigenvalue weighted by Gasteiger charge is -2.31. The maximum Gasteiger partial charge on any atom is 0.334 e. The molecular weight excluding hydrogens is 258 g/mol. The fourth-order valence-electron chi connectivity index (χ4n) is 3.82. The molecule has 20 heavy (non-hydrogen) atoms. The van der Waals surface area contributed by atoms with Crippen molar-refractivity contribution in [3.63, 3.8) is 0 Å². The molecule has 0 aromatic carbocycles. The van der Waals surface area contributed by atoms with Crippen molar-refractivity contribution in [3.05, 3.63) is 0 Å². The number of amides is 1.